The van der Waals surface area contributed by atoms with Crippen molar-refractivity contribution in [1.29, 1.82) is 0 Å². The van der Waals surface area contributed by atoms with Crippen LogP contribution in [-0.4, -0.2) is 25.6 Å². The van der Waals surface area contributed by atoms with Gasteiger partial charge < -0.3 is 4.74 Å². The molecule has 0 aliphatic rings. The molecule has 19 heavy (non-hydrogen) atoms. The van der Waals surface area contributed by atoms with Crippen molar-refractivity contribution in [2.45, 2.75) is 12.4 Å². The fourth-order valence-electron chi connectivity index (χ4n) is 0.665. The fourth-order valence-corrected chi connectivity index (χ4v) is 0.665. The first-order valence-corrected chi connectivity index (χ1v) is 4.17. The second-order valence-corrected chi connectivity index (χ2v) is 2.93. The summed E-state index contributed by atoms with van der Waals surface area (Å²) in [7, 11) is 0. The first-order chi connectivity index (χ1) is 8.37. The third-order valence-electron chi connectivity index (χ3n) is 1.43. The lowest BCUT2D eigenvalue weighted by Gasteiger charge is -2.07. The Morgan fingerprint density at radius 1 is 0.632 bits per heavy atom. The van der Waals surface area contributed by atoms with Crippen molar-refractivity contribution in [2.75, 3.05) is 13.2 Å². The molecular weight excluding hydrogens is 302 g/mol. The van der Waals surface area contributed by atoms with Gasteiger partial charge in [0.15, 0.2) is 11.7 Å². The van der Waals surface area contributed by atoms with Crippen LogP contribution in [0.4, 0.5) is 43.9 Å². The van der Waals surface area contributed by atoms with Gasteiger partial charge in [0.05, 0.1) is 0 Å². The van der Waals surface area contributed by atoms with Crippen LogP contribution in [0.3, 0.4) is 0 Å². The van der Waals surface area contributed by atoms with Crippen LogP contribution in [0.25, 0.3) is 0 Å². The van der Waals surface area contributed by atoms with Gasteiger partial charge in [-0.05, 0) is 0 Å². The number of halogens is 10. The molecule has 0 atom stereocenters. The average molecular weight is 306 g/mol. The van der Waals surface area contributed by atoms with E-state index < -0.39 is 48.9 Å². The Balaban J connectivity index is 4.57. The summed E-state index contributed by atoms with van der Waals surface area (Å²) in [4.78, 5) is 0. The van der Waals surface area contributed by atoms with Gasteiger partial charge in [0.2, 0.25) is 11.7 Å². The Kier molecular flexibility index (Phi) is 5.84. The minimum atomic E-state index is -5.65. The zero-order valence-corrected chi connectivity index (χ0v) is 8.60. The Morgan fingerprint density at radius 3 is 1.11 bits per heavy atom. The standard InChI is InChI=1S/C8H4F10O/c9-3(5(11)7(13,14)15)1-19-2-4(10)6(12)8(16,17)18/h1-2H2. The molecule has 112 valence electrons. The van der Waals surface area contributed by atoms with Crippen LogP contribution in [0, 0.1) is 0 Å². The molecule has 0 aromatic heterocycles. The van der Waals surface area contributed by atoms with E-state index in [2.05, 4.69) is 4.74 Å². The number of rotatable bonds is 4. The lowest BCUT2D eigenvalue weighted by molar-refractivity contribution is -0.112. The van der Waals surface area contributed by atoms with Crippen molar-refractivity contribution >= 4 is 0 Å². The van der Waals surface area contributed by atoms with Crippen LogP contribution in [0.5, 0.6) is 0 Å². The predicted octanol–water partition coefficient (Wildman–Crippen LogP) is 4.43. The predicted molar refractivity (Wildman–Crippen MR) is 41.4 cm³/mol. The maximum atomic E-state index is 12.4. The summed E-state index contributed by atoms with van der Waals surface area (Å²) >= 11 is 0. The molecule has 0 heterocycles. The average Bonchev–Trinajstić information content (AvgIpc) is 2.23. The van der Waals surface area contributed by atoms with Gasteiger partial charge in [-0.15, -0.1) is 0 Å². The van der Waals surface area contributed by atoms with E-state index in [1.165, 1.54) is 0 Å². The van der Waals surface area contributed by atoms with Crippen molar-refractivity contribution in [1.82, 2.24) is 0 Å². The largest absolute Gasteiger partial charge is 0.445 e. The molecular formula is C8H4F10O. The number of allylic oxidation sites excluding steroid dienone is 2. The van der Waals surface area contributed by atoms with E-state index in [4.69, 9.17) is 0 Å². The third-order valence-corrected chi connectivity index (χ3v) is 1.43. The monoisotopic (exact) mass is 306 g/mol. The number of alkyl halides is 6. The van der Waals surface area contributed by atoms with Gasteiger partial charge in [0.1, 0.15) is 13.2 Å². The number of hydrogen-bond donors (Lipinski definition) is 0. The molecule has 0 amide bonds. The third kappa shape index (κ3) is 5.94. The van der Waals surface area contributed by atoms with Gasteiger partial charge in [-0.2, -0.15) is 35.1 Å². The summed E-state index contributed by atoms with van der Waals surface area (Å²) in [6.45, 7) is -3.60. The van der Waals surface area contributed by atoms with Crippen molar-refractivity contribution in [3.05, 3.63) is 23.3 Å². The number of ether oxygens (including phenoxy) is 1. The topological polar surface area (TPSA) is 9.23 Å². The second kappa shape index (κ2) is 6.26. The van der Waals surface area contributed by atoms with Gasteiger partial charge in [-0.3, -0.25) is 0 Å². The van der Waals surface area contributed by atoms with Crippen molar-refractivity contribution in [3.8, 4) is 0 Å². The van der Waals surface area contributed by atoms with E-state index in [1.54, 1.807) is 0 Å². The summed E-state index contributed by atoms with van der Waals surface area (Å²) in [6.07, 6.45) is -11.3. The zero-order chi connectivity index (χ0) is 15.4. The zero-order valence-electron chi connectivity index (χ0n) is 8.60. The molecule has 0 fully saturated rings. The van der Waals surface area contributed by atoms with Crippen LogP contribution < -0.4 is 0 Å². The van der Waals surface area contributed by atoms with E-state index in [1.807, 2.05) is 0 Å². The molecule has 0 saturated heterocycles. The summed E-state index contributed by atoms with van der Waals surface area (Å²) in [5, 5.41) is 0. The highest BCUT2D eigenvalue weighted by molar-refractivity contribution is 5.08. The molecule has 0 aromatic rings. The Labute approximate surface area is 98.7 Å². The molecule has 11 heteroatoms. The van der Waals surface area contributed by atoms with E-state index in [0.29, 0.717) is 0 Å². The van der Waals surface area contributed by atoms with E-state index in [0.717, 1.165) is 0 Å². The highest BCUT2D eigenvalue weighted by Crippen LogP contribution is 2.31. The van der Waals surface area contributed by atoms with E-state index in [9.17, 15) is 43.9 Å². The molecule has 1 nitrogen and oxygen atoms in total. The van der Waals surface area contributed by atoms with Gasteiger partial charge >= 0.3 is 12.4 Å². The summed E-state index contributed by atoms with van der Waals surface area (Å²) < 4.78 is 122. The maximum absolute atomic E-state index is 12.4. The minimum Gasteiger partial charge on any atom is -0.367 e. The maximum Gasteiger partial charge on any atom is 0.445 e. The quantitative estimate of drug-likeness (QED) is 0.698. The Bertz CT molecular complexity index is 338. The van der Waals surface area contributed by atoms with Gasteiger partial charge in [0, 0.05) is 0 Å². The molecule has 0 saturated carbocycles. The highest BCUT2D eigenvalue weighted by atomic mass is 19.4. The normalized spacial score (nSPS) is 16.1. The van der Waals surface area contributed by atoms with Crippen LogP contribution in [0.1, 0.15) is 0 Å². The van der Waals surface area contributed by atoms with Gasteiger partial charge in [-0.1, -0.05) is 0 Å². The molecule has 0 aliphatic heterocycles. The molecule has 0 N–H and O–H groups in total. The molecule has 0 aromatic carbocycles. The highest BCUT2D eigenvalue weighted by Gasteiger charge is 2.39. The fraction of sp³-hybridized carbons (Fsp3) is 0.500. The number of hydrogen-bond acceptors (Lipinski definition) is 1. The van der Waals surface area contributed by atoms with Crippen LogP contribution in [0.2, 0.25) is 0 Å². The molecule has 0 spiro atoms. The first-order valence-electron chi connectivity index (χ1n) is 4.17. The summed E-state index contributed by atoms with van der Waals surface area (Å²) in [5.74, 6) is -11.4. The van der Waals surface area contributed by atoms with Crippen molar-refractivity contribution in [2.24, 2.45) is 0 Å². The van der Waals surface area contributed by atoms with Crippen LogP contribution in [0.15, 0.2) is 23.3 Å². The Hall–Kier alpha value is -1.26. The smallest absolute Gasteiger partial charge is 0.367 e. The lowest BCUT2D eigenvalue weighted by Crippen LogP contribution is -2.13. The second-order valence-electron chi connectivity index (χ2n) is 2.93. The Morgan fingerprint density at radius 2 is 0.895 bits per heavy atom. The lowest BCUT2D eigenvalue weighted by atomic mass is 10.4. The summed E-state index contributed by atoms with van der Waals surface area (Å²) in [6, 6.07) is 0. The SMILES string of the molecule is FC(COCC(F)=C(F)C(F)(F)F)=C(F)C(F)(F)F. The first kappa shape index (κ1) is 17.7. The molecule has 0 unspecified atom stereocenters. The molecule has 0 radical (unpaired) electrons. The molecule has 0 bridgehead atoms. The van der Waals surface area contributed by atoms with E-state index >= 15 is 0 Å². The summed E-state index contributed by atoms with van der Waals surface area (Å²) in [5.41, 5.74) is 0. The molecule has 0 rings (SSSR count). The van der Waals surface area contributed by atoms with Crippen LogP contribution >= 0.6 is 0 Å². The van der Waals surface area contributed by atoms with Gasteiger partial charge in [-0.25, -0.2) is 8.78 Å². The van der Waals surface area contributed by atoms with Crippen molar-refractivity contribution in [3.63, 3.8) is 0 Å². The van der Waals surface area contributed by atoms with Crippen LogP contribution in [-0.2, 0) is 4.74 Å². The van der Waals surface area contributed by atoms with Gasteiger partial charge in [0.25, 0.3) is 0 Å². The van der Waals surface area contributed by atoms with E-state index in [-0.39, 0.29) is 0 Å². The van der Waals surface area contributed by atoms with Crippen molar-refractivity contribution < 1.29 is 48.6 Å². The molecule has 0 aliphatic carbocycles. The minimum absolute atomic E-state index is 1.80.